The lowest BCUT2D eigenvalue weighted by Crippen LogP contribution is -2.20. The summed E-state index contributed by atoms with van der Waals surface area (Å²) >= 11 is 17.8. The molecule has 0 radical (unpaired) electrons. The lowest BCUT2D eigenvalue weighted by molar-refractivity contribution is 0.210. The number of nitrogens with two attached hydrogens (primary N) is 1. The number of carbonyl (C=O) groups excluding carboxylic acids is 1. The van der Waals surface area contributed by atoms with E-state index in [2.05, 4.69) is 0 Å². The van der Waals surface area contributed by atoms with Crippen LogP contribution in [0.1, 0.15) is 27.8 Å². The van der Waals surface area contributed by atoms with Crippen molar-refractivity contribution in [3.63, 3.8) is 0 Å². The molecule has 100 valence electrons. The van der Waals surface area contributed by atoms with Crippen LogP contribution in [-0.2, 0) is 3.79 Å². The molecule has 0 saturated heterocycles. The van der Waals surface area contributed by atoms with E-state index < -0.39 is 9.89 Å². The standard InChI is InChI=1S/C12H14Cl3NO2/c1-5-6(2)8(4)10(18-11(16)17)9(7(5)3)12(13,14)15/h1-4H3,(H2,16,17). The van der Waals surface area contributed by atoms with Crippen molar-refractivity contribution in [3.8, 4) is 5.75 Å². The number of alkyl halides is 3. The van der Waals surface area contributed by atoms with Gasteiger partial charge in [0.2, 0.25) is 3.79 Å². The molecule has 2 N–H and O–H groups in total. The Hall–Kier alpha value is -0.640. The number of hydrogen-bond donors (Lipinski definition) is 1. The van der Waals surface area contributed by atoms with Gasteiger partial charge in [-0.3, -0.25) is 0 Å². The highest BCUT2D eigenvalue weighted by atomic mass is 35.6. The molecule has 0 unspecified atom stereocenters. The molecule has 0 aliphatic heterocycles. The van der Waals surface area contributed by atoms with E-state index in [1.807, 2.05) is 20.8 Å². The molecule has 0 aromatic heterocycles. The summed E-state index contributed by atoms with van der Waals surface area (Å²) in [6.07, 6.45) is -0.934. The number of primary amides is 1. The van der Waals surface area contributed by atoms with Gasteiger partial charge in [-0.05, 0) is 49.9 Å². The Balaban J connectivity index is 3.70. The van der Waals surface area contributed by atoms with Gasteiger partial charge in [-0.15, -0.1) is 0 Å². The molecule has 0 atom stereocenters. The summed E-state index contributed by atoms with van der Waals surface area (Å²) in [7, 11) is 0. The predicted molar refractivity (Wildman–Crippen MR) is 74.8 cm³/mol. The highest BCUT2D eigenvalue weighted by Gasteiger charge is 2.32. The van der Waals surface area contributed by atoms with Gasteiger partial charge in [0.05, 0.1) is 0 Å². The van der Waals surface area contributed by atoms with Gasteiger partial charge in [0.1, 0.15) is 5.75 Å². The van der Waals surface area contributed by atoms with Crippen LogP contribution >= 0.6 is 34.8 Å². The maximum atomic E-state index is 11.0. The highest BCUT2D eigenvalue weighted by Crippen LogP contribution is 2.47. The van der Waals surface area contributed by atoms with E-state index in [0.717, 1.165) is 22.3 Å². The molecular weight excluding hydrogens is 296 g/mol. The van der Waals surface area contributed by atoms with Crippen LogP contribution in [0.2, 0.25) is 0 Å². The SMILES string of the molecule is Cc1c(C)c(C)c(C(Cl)(Cl)Cl)c(OC(N)=O)c1C. The van der Waals surface area contributed by atoms with Crippen molar-refractivity contribution in [2.75, 3.05) is 0 Å². The first kappa shape index (κ1) is 15.4. The van der Waals surface area contributed by atoms with Crippen molar-refractivity contribution in [3.05, 3.63) is 27.8 Å². The second-order valence-electron chi connectivity index (χ2n) is 4.12. The van der Waals surface area contributed by atoms with E-state index in [1.54, 1.807) is 6.92 Å². The molecule has 0 fully saturated rings. The Kier molecular flexibility index (Phi) is 4.42. The van der Waals surface area contributed by atoms with E-state index in [4.69, 9.17) is 45.3 Å². The topological polar surface area (TPSA) is 52.3 Å². The summed E-state index contributed by atoms with van der Waals surface area (Å²) in [5.74, 6) is 0.225. The normalized spacial score (nSPS) is 11.5. The van der Waals surface area contributed by atoms with Crippen molar-refractivity contribution in [1.29, 1.82) is 0 Å². The van der Waals surface area contributed by atoms with Crippen molar-refractivity contribution in [1.82, 2.24) is 0 Å². The molecule has 1 aromatic rings. The summed E-state index contributed by atoms with van der Waals surface area (Å²) in [4.78, 5) is 11.0. The monoisotopic (exact) mass is 309 g/mol. The number of halogens is 3. The van der Waals surface area contributed by atoms with E-state index >= 15 is 0 Å². The largest absolute Gasteiger partial charge is 0.410 e. The van der Waals surface area contributed by atoms with Gasteiger partial charge < -0.3 is 10.5 Å². The fourth-order valence-corrected chi connectivity index (χ4v) is 2.53. The van der Waals surface area contributed by atoms with Crippen LogP contribution in [0.3, 0.4) is 0 Å². The zero-order valence-electron chi connectivity index (χ0n) is 10.5. The van der Waals surface area contributed by atoms with Crippen LogP contribution in [0.5, 0.6) is 5.75 Å². The molecule has 1 rings (SSSR count). The molecule has 0 saturated carbocycles. The molecule has 1 aromatic carbocycles. The first-order valence-corrected chi connectivity index (χ1v) is 6.35. The third-order valence-electron chi connectivity index (χ3n) is 3.12. The quantitative estimate of drug-likeness (QED) is 0.790. The van der Waals surface area contributed by atoms with Crippen LogP contribution < -0.4 is 10.5 Å². The van der Waals surface area contributed by atoms with Gasteiger partial charge in [0, 0.05) is 5.56 Å². The maximum Gasteiger partial charge on any atom is 0.409 e. The van der Waals surface area contributed by atoms with Gasteiger partial charge in [-0.25, -0.2) is 4.79 Å². The van der Waals surface area contributed by atoms with Crippen LogP contribution in [0.15, 0.2) is 0 Å². The minimum atomic E-state index is -1.68. The predicted octanol–water partition coefficient (Wildman–Crippen LogP) is 4.20. The number of ether oxygens (including phenoxy) is 1. The van der Waals surface area contributed by atoms with Gasteiger partial charge in [-0.1, -0.05) is 34.8 Å². The highest BCUT2D eigenvalue weighted by molar-refractivity contribution is 6.67. The van der Waals surface area contributed by atoms with Crippen molar-refractivity contribution in [2.45, 2.75) is 31.5 Å². The van der Waals surface area contributed by atoms with Crippen LogP contribution in [-0.4, -0.2) is 6.09 Å². The fraction of sp³-hybridized carbons (Fsp3) is 0.417. The third kappa shape index (κ3) is 2.85. The van der Waals surface area contributed by atoms with Crippen LogP contribution in [0, 0.1) is 27.7 Å². The lowest BCUT2D eigenvalue weighted by atomic mass is 9.94. The van der Waals surface area contributed by atoms with Gasteiger partial charge in [0.25, 0.3) is 0 Å². The molecule has 0 aliphatic carbocycles. The van der Waals surface area contributed by atoms with Crippen LogP contribution in [0.25, 0.3) is 0 Å². The average molecular weight is 311 g/mol. The summed E-state index contributed by atoms with van der Waals surface area (Å²) in [6, 6.07) is 0. The minimum absolute atomic E-state index is 0.225. The first-order valence-electron chi connectivity index (χ1n) is 5.22. The summed E-state index contributed by atoms with van der Waals surface area (Å²) in [6.45, 7) is 7.44. The lowest BCUT2D eigenvalue weighted by Gasteiger charge is -2.23. The number of carbonyl (C=O) groups is 1. The zero-order chi connectivity index (χ0) is 14.2. The van der Waals surface area contributed by atoms with Crippen molar-refractivity contribution >= 4 is 40.9 Å². The fourth-order valence-electron chi connectivity index (χ4n) is 1.85. The summed E-state index contributed by atoms with van der Waals surface area (Å²) < 4.78 is 3.32. The maximum absolute atomic E-state index is 11.0. The Morgan fingerprint density at radius 2 is 1.44 bits per heavy atom. The van der Waals surface area contributed by atoms with Gasteiger partial charge in [-0.2, -0.15) is 0 Å². The van der Waals surface area contributed by atoms with E-state index in [9.17, 15) is 4.79 Å². The van der Waals surface area contributed by atoms with Gasteiger partial charge in [0.15, 0.2) is 0 Å². The Labute approximate surface area is 121 Å². The number of amides is 1. The Bertz CT molecular complexity index is 507. The summed E-state index contributed by atoms with van der Waals surface area (Å²) in [5.41, 5.74) is 8.88. The second kappa shape index (κ2) is 5.16. The van der Waals surface area contributed by atoms with Crippen molar-refractivity contribution < 1.29 is 9.53 Å². The number of rotatable bonds is 1. The van der Waals surface area contributed by atoms with Gasteiger partial charge >= 0.3 is 6.09 Å². The van der Waals surface area contributed by atoms with Crippen LogP contribution in [0.4, 0.5) is 4.79 Å². The zero-order valence-corrected chi connectivity index (χ0v) is 12.8. The Morgan fingerprint density at radius 1 is 1.00 bits per heavy atom. The average Bonchev–Trinajstić information content (AvgIpc) is 2.20. The van der Waals surface area contributed by atoms with E-state index in [-0.39, 0.29) is 5.75 Å². The number of benzene rings is 1. The minimum Gasteiger partial charge on any atom is -0.410 e. The smallest absolute Gasteiger partial charge is 0.409 e. The molecule has 18 heavy (non-hydrogen) atoms. The molecular formula is C12H14Cl3NO2. The first-order chi connectivity index (χ1) is 8.07. The third-order valence-corrected chi connectivity index (χ3v) is 3.68. The number of hydrogen-bond acceptors (Lipinski definition) is 2. The summed E-state index contributed by atoms with van der Waals surface area (Å²) in [5, 5.41) is 0. The molecule has 1 amide bonds. The molecule has 3 nitrogen and oxygen atoms in total. The Morgan fingerprint density at radius 3 is 1.83 bits per heavy atom. The van der Waals surface area contributed by atoms with E-state index in [0.29, 0.717) is 5.56 Å². The molecule has 0 bridgehead atoms. The second-order valence-corrected chi connectivity index (χ2v) is 6.40. The van der Waals surface area contributed by atoms with Crippen molar-refractivity contribution in [2.24, 2.45) is 5.73 Å². The molecule has 0 aliphatic rings. The van der Waals surface area contributed by atoms with E-state index in [1.165, 1.54) is 0 Å². The molecule has 0 spiro atoms. The molecule has 6 heteroatoms. The molecule has 0 heterocycles.